The van der Waals surface area contributed by atoms with Crippen molar-refractivity contribution in [2.45, 2.75) is 51.2 Å². The first-order valence-corrected chi connectivity index (χ1v) is 8.41. The molecule has 0 bridgehead atoms. The molecule has 0 aliphatic carbocycles. The van der Waals surface area contributed by atoms with E-state index in [9.17, 15) is 9.90 Å². The minimum Gasteiger partial charge on any atom is -0.444 e. The molecule has 22 heavy (non-hydrogen) atoms. The monoisotopic (exact) mass is 313 g/mol. The van der Waals surface area contributed by atoms with Crippen LogP contribution in [-0.4, -0.2) is 78.0 Å². The summed E-state index contributed by atoms with van der Waals surface area (Å²) in [5.74, 6) is 0. The highest BCUT2D eigenvalue weighted by Gasteiger charge is 2.36. The number of ether oxygens (including phenoxy) is 1. The summed E-state index contributed by atoms with van der Waals surface area (Å²) < 4.78 is 5.40. The fourth-order valence-electron chi connectivity index (χ4n) is 3.07. The van der Waals surface area contributed by atoms with Gasteiger partial charge in [-0.2, -0.15) is 0 Å². The third-order valence-corrected chi connectivity index (χ3v) is 4.30. The highest BCUT2D eigenvalue weighted by Crippen LogP contribution is 2.25. The molecule has 0 aromatic rings. The first kappa shape index (κ1) is 17.5. The predicted molar refractivity (Wildman–Crippen MR) is 85.9 cm³/mol. The topological polar surface area (TPSA) is 65.0 Å². The molecule has 0 spiro atoms. The van der Waals surface area contributed by atoms with E-state index < -0.39 is 11.2 Å². The lowest BCUT2D eigenvalue weighted by molar-refractivity contribution is -0.0493. The third kappa shape index (κ3) is 5.41. The Bertz CT molecular complexity index is 365. The van der Waals surface area contributed by atoms with Crippen molar-refractivity contribution in [3.05, 3.63) is 0 Å². The van der Waals surface area contributed by atoms with Crippen LogP contribution in [0.15, 0.2) is 0 Å². The Balaban J connectivity index is 1.80. The van der Waals surface area contributed by atoms with Gasteiger partial charge in [-0.15, -0.1) is 0 Å². The normalized spacial score (nSPS) is 23.9. The summed E-state index contributed by atoms with van der Waals surface area (Å²) in [6.45, 7) is 11.5. The number of β-amino-alcohol motifs (C(OH)–C–C–N with tert-alkyl or cyclic N) is 1. The Morgan fingerprint density at radius 1 is 1.18 bits per heavy atom. The predicted octanol–water partition coefficient (Wildman–Crippen LogP) is 1.04. The number of rotatable bonds is 2. The average molecular weight is 313 g/mol. The molecule has 0 aromatic heterocycles. The summed E-state index contributed by atoms with van der Waals surface area (Å²) in [7, 11) is 0. The number of piperidine rings is 1. The van der Waals surface area contributed by atoms with Crippen LogP contribution in [0.3, 0.4) is 0 Å². The van der Waals surface area contributed by atoms with E-state index in [4.69, 9.17) is 4.74 Å². The van der Waals surface area contributed by atoms with Gasteiger partial charge in [0.1, 0.15) is 5.60 Å². The van der Waals surface area contributed by atoms with E-state index in [0.717, 1.165) is 32.6 Å². The van der Waals surface area contributed by atoms with Crippen LogP contribution in [-0.2, 0) is 4.74 Å². The Labute approximate surface area is 133 Å². The van der Waals surface area contributed by atoms with Gasteiger partial charge in [0.25, 0.3) is 0 Å². The van der Waals surface area contributed by atoms with Gasteiger partial charge in [0.05, 0.1) is 5.60 Å². The summed E-state index contributed by atoms with van der Waals surface area (Å²) in [5.41, 5.74) is -1.15. The Kier molecular flexibility index (Phi) is 5.69. The van der Waals surface area contributed by atoms with Crippen LogP contribution >= 0.6 is 0 Å². The van der Waals surface area contributed by atoms with E-state index in [1.165, 1.54) is 0 Å². The smallest absolute Gasteiger partial charge is 0.410 e. The minimum atomic E-state index is -0.678. The van der Waals surface area contributed by atoms with E-state index >= 15 is 0 Å². The second-order valence-electron chi connectivity index (χ2n) is 7.57. The summed E-state index contributed by atoms with van der Waals surface area (Å²) in [4.78, 5) is 16.1. The molecule has 2 aliphatic heterocycles. The van der Waals surface area contributed by atoms with Crippen LogP contribution in [0.4, 0.5) is 4.79 Å². The van der Waals surface area contributed by atoms with E-state index in [1.807, 2.05) is 20.8 Å². The van der Waals surface area contributed by atoms with Crippen molar-refractivity contribution in [1.82, 2.24) is 15.1 Å². The lowest BCUT2D eigenvalue weighted by atomic mass is 9.91. The largest absolute Gasteiger partial charge is 0.444 e. The molecule has 0 saturated carbocycles. The number of amides is 1. The number of carbonyl (C=O) groups excluding carboxylic acids is 1. The molecule has 0 atom stereocenters. The Morgan fingerprint density at radius 2 is 1.86 bits per heavy atom. The molecule has 6 heteroatoms. The van der Waals surface area contributed by atoms with Crippen molar-refractivity contribution < 1.29 is 14.6 Å². The SMILES string of the molecule is CC(C)(C)OC(=O)N1CCC(O)(CN2CCCNCC2)CC1. The van der Waals surface area contributed by atoms with Crippen LogP contribution in [0.25, 0.3) is 0 Å². The number of nitrogens with one attached hydrogen (secondary N) is 1. The van der Waals surface area contributed by atoms with Gasteiger partial charge in [-0.3, -0.25) is 4.90 Å². The molecule has 2 saturated heterocycles. The Morgan fingerprint density at radius 3 is 2.50 bits per heavy atom. The van der Waals surface area contributed by atoms with Crippen LogP contribution < -0.4 is 5.32 Å². The van der Waals surface area contributed by atoms with Crippen molar-refractivity contribution >= 4 is 6.09 Å². The zero-order valence-corrected chi connectivity index (χ0v) is 14.2. The summed E-state index contributed by atoms with van der Waals surface area (Å²) in [6.07, 6.45) is 2.10. The molecule has 0 radical (unpaired) electrons. The maximum Gasteiger partial charge on any atom is 0.410 e. The minimum absolute atomic E-state index is 0.270. The third-order valence-electron chi connectivity index (χ3n) is 4.30. The highest BCUT2D eigenvalue weighted by molar-refractivity contribution is 5.68. The molecule has 2 heterocycles. The highest BCUT2D eigenvalue weighted by atomic mass is 16.6. The molecule has 2 N–H and O–H groups in total. The Hall–Kier alpha value is -0.850. The van der Waals surface area contributed by atoms with E-state index in [0.29, 0.717) is 32.5 Å². The number of hydrogen-bond acceptors (Lipinski definition) is 5. The van der Waals surface area contributed by atoms with Gasteiger partial charge in [0.2, 0.25) is 0 Å². The van der Waals surface area contributed by atoms with Crippen LogP contribution in [0.5, 0.6) is 0 Å². The van der Waals surface area contributed by atoms with E-state index in [2.05, 4.69) is 10.2 Å². The number of nitrogens with zero attached hydrogens (tertiary/aromatic N) is 2. The molecule has 2 aliphatic rings. The summed E-state index contributed by atoms with van der Waals surface area (Å²) in [5, 5.41) is 14.2. The number of aliphatic hydroxyl groups is 1. The van der Waals surface area contributed by atoms with E-state index in [1.54, 1.807) is 4.90 Å². The van der Waals surface area contributed by atoms with Gasteiger partial charge >= 0.3 is 6.09 Å². The van der Waals surface area contributed by atoms with Crippen LogP contribution in [0.2, 0.25) is 0 Å². The first-order chi connectivity index (χ1) is 10.3. The number of carbonyl (C=O) groups is 1. The molecule has 2 rings (SSSR count). The maximum atomic E-state index is 12.1. The van der Waals surface area contributed by atoms with E-state index in [-0.39, 0.29) is 6.09 Å². The summed E-state index contributed by atoms with van der Waals surface area (Å²) in [6, 6.07) is 0. The molecule has 6 nitrogen and oxygen atoms in total. The molecule has 0 aromatic carbocycles. The zero-order chi connectivity index (χ0) is 16.2. The summed E-state index contributed by atoms with van der Waals surface area (Å²) >= 11 is 0. The number of hydrogen-bond donors (Lipinski definition) is 2. The fraction of sp³-hybridized carbons (Fsp3) is 0.938. The quantitative estimate of drug-likeness (QED) is 0.797. The lowest BCUT2D eigenvalue weighted by Gasteiger charge is -2.41. The maximum absolute atomic E-state index is 12.1. The van der Waals surface area contributed by atoms with Crippen molar-refractivity contribution in [1.29, 1.82) is 0 Å². The standard InChI is InChI=1S/C16H31N3O3/c1-15(2,3)22-14(20)19-10-5-16(21,6-11-19)13-18-9-4-7-17-8-12-18/h17,21H,4-13H2,1-3H3. The first-order valence-electron chi connectivity index (χ1n) is 8.41. The van der Waals surface area contributed by atoms with Crippen molar-refractivity contribution in [2.75, 3.05) is 45.8 Å². The van der Waals surface area contributed by atoms with Gasteiger partial charge in [-0.05, 0) is 53.1 Å². The fourth-order valence-corrected chi connectivity index (χ4v) is 3.07. The molecule has 1 amide bonds. The molecule has 128 valence electrons. The van der Waals surface area contributed by atoms with Crippen molar-refractivity contribution in [3.63, 3.8) is 0 Å². The molecular formula is C16H31N3O3. The second-order valence-corrected chi connectivity index (χ2v) is 7.57. The van der Waals surface area contributed by atoms with Crippen LogP contribution in [0, 0.1) is 0 Å². The molecular weight excluding hydrogens is 282 g/mol. The van der Waals surface area contributed by atoms with Gasteiger partial charge in [-0.25, -0.2) is 4.79 Å². The van der Waals surface area contributed by atoms with Crippen molar-refractivity contribution in [3.8, 4) is 0 Å². The molecule has 2 fully saturated rings. The zero-order valence-electron chi connectivity index (χ0n) is 14.2. The van der Waals surface area contributed by atoms with Gasteiger partial charge in [0, 0.05) is 32.7 Å². The van der Waals surface area contributed by atoms with Gasteiger partial charge in [0.15, 0.2) is 0 Å². The average Bonchev–Trinajstić information content (AvgIpc) is 2.65. The lowest BCUT2D eigenvalue weighted by Crippen LogP contribution is -2.53. The number of likely N-dealkylation sites (tertiary alicyclic amines) is 1. The van der Waals surface area contributed by atoms with Crippen molar-refractivity contribution in [2.24, 2.45) is 0 Å². The van der Waals surface area contributed by atoms with Gasteiger partial charge < -0.3 is 20.1 Å². The van der Waals surface area contributed by atoms with Crippen LogP contribution in [0.1, 0.15) is 40.0 Å². The second kappa shape index (κ2) is 7.15. The molecule has 0 unspecified atom stereocenters. The van der Waals surface area contributed by atoms with Gasteiger partial charge in [-0.1, -0.05) is 0 Å².